The molecule has 0 aromatic carbocycles. The van der Waals surface area contributed by atoms with Gasteiger partial charge in [-0.05, 0) is 50.1 Å². The molecule has 1 atom stereocenters. The van der Waals surface area contributed by atoms with Gasteiger partial charge in [-0.15, -0.1) is 11.3 Å². The lowest BCUT2D eigenvalue weighted by molar-refractivity contribution is 0.250. The molecule has 2 nitrogen and oxygen atoms in total. The molecule has 1 unspecified atom stereocenters. The highest BCUT2D eigenvalue weighted by molar-refractivity contribution is 7.09. The van der Waals surface area contributed by atoms with Crippen molar-refractivity contribution in [2.45, 2.75) is 25.2 Å². The van der Waals surface area contributed by atoms with E-state index in [4.69, 9.17) is 4.98 Å². The first-order valence-electron chi connectivity index (χ1n) is 7.08. The first-order chi connectivity index (χ1) is 9.31. The fourth-order valence-corrected chi connectivity index (χ4v) is 4.46. The van der Waals surface area contributed by atoms with Crippen molar-refractivity contribution in [3.63, 3.8) is 0 Å². The molecule has 0 bridgehead atoms. The number of allylic oxidation sites excluding steroid dienone is 4. The smallest absolute Gasteiger partial charge is 0.0982 e. The zero-order chi connectivity index (χ0) is 12.8. The molecule has 0 amide bonds. The van der Waals surface area contributed by atoms with E-state index in [9.17, 15) is 0 Å². The van der Waals surface area contributed by atoms with Crippen LogP contribution in [0.15, 0.2) is 23.8 Å². The summed E-state index contributed by atoms with van der Waals surface area (Å²) in [6, 6.07) is 0. The molecule has 0 spiro atoms. The average molecular weight is 270 g/mol. The summed E-state index contributed by atoms with van der Waals surface area (Å²) < 4.78 is 1.38. The number of hydrogen-bond acceptors (Lipinski definition) is 3. The van der Waals surface area contributed by atoms with Gasteiger partial charge < -0.3 is 4.90 Å². The third-order valence-corrected chi connectivity index (χ3v) is 5.46. The Kier molecular flexibility index (Phi) is 2.71. The number of likely N-dealkylation sites (tertiary alicyclic amines) is 1. The molecule has 0 radical (unpaired) electrons. The van der Waals surface area contributed by atoms with Gasteiger partial charge in [-0.1, -0.05) is 18.2 Å². The van der Waals surface area contributed by atoms with Gasteiger partial charge in [0.05, 0.1) is 14.9 Å². The Balaban J connectivity index is 1.74. The number of piperidine rings is 1. The number of aromatic nitrogens is 1. The van der Waals surface area contributed by atoms with Crippen molar-refractivity contribution < 1.29 is 0 Å². The minimum absolute atomic E-state index is 0.648. The van der Waals surface area contributed by atoms with E-state index in [0.717, 1.165) is 6.42 Å². The first-order valence-corrected chi connectivity index (χ1v) is 7.90. The van der Waals surface area contributed by atoms with Gasteiger partial charge in [0.2, 0.25) is 0 Å². The highest BCUT2D eigenvalue weighted by Crippen LogP contribution is 2.28. The van der Waals surface area contributed by atoms with Crippen molar-refractivity contribution in [2.75, 3.05) is 20.1 Å². The number of hydrogen-bond donors (Lipinski definition) is 0. The maximum Gasteiger partial charge on any atom is 0.0982 e. The minimum atomic E-state index is 0.648. The summed E-state index contributed by atoms with van der Waals surface area (Å²) >= 11 is 1.91. The van der Waals surface area contributed by atoms with Crippen LogP contribution < -0.4 is 9.88 Å². The van der Waals surface area contributed by atoms with Crippen LogP contribution in [0, 0.1) is 0 Å². The third kappa shape index (κ3) is 1.92. The molecule has 3 aliphatic rings. The Labute approximate surface area is 117 Å². The molecule has 0 saturated carbocycles. The van der Waals surface area contributed by atoms with E-state index < -0.39 is 0 Å². The standard InChI is InChI=1S/C16H18N2S/c1-18-8-4-6-12(10-18)16-17-15-13-7-3-2-5-11(13)9-14(15)19-16/h2-3,5,9,12H,4,6-8,10H2,1H3. The SMILES string of the molecule is CN1CCCC(c2nc3c(s2)=CC2=CC=CCC=32)C1. The molecule has 2 aliphatic carbocycles. The molecule has 98 valence electrons. The van der Waals surface area contributed by atoms with Crippen LogP contribution in [0.4, 0.5) is 0 Å². The van der Waals surface area contributed by atoms with Crippen LogP contribution in [0.1, 0.15) is 30.2 Å². The van der Waals surface area contributed by atoms with Crippen molar-refractivity contribution in [3.05, 3.63) is 38.7 Å². The van der Waals surface area contributed by atoms with Crippen molar-refractivity contribution in [1.82, 2.24) is 9.88 Å². The average Bonchev–Trinajstić information content (AvgIpc) is 2.96. The summed E-state index contributed by atoms with van der Waals surface area (Å²) in [6.45, 7) is 2.41. The molecule has 2 heterocycles. The van der Waals surface area contributed by atoms with E-state index >= 15 is 0 Å². The van der Waals surface area contributed by atoms with Crippen LogP contribution in [0.2, 0.25) is 0 Å². The molecule has 1 aromatic heterocycles. The van der Waals surface area contributed by atoms with E-state index in [1.807, 2.05) is 11.3 Å². The number of nitrogens with zero attached hydrogens (tertiary/aromatic N) is 2. The summed E-state index contributed by atoms with van der Waals surface area (Å²) in [5.74, 6) is 0.648. The Morgan fingerprint density at radius 1 is 1.42 bits per heavy atom. The van der Waals surface area contributed by atoms with Crippen LogP contribution in [-0.4, -0.2) is 30.0 Å². The molecule has 1 aliphatic heterocycles. The highest BCUT2D eigenvalue weighted by atomic mass is 32.1. The second-order valence-electron chi connectivity index (χ2n) is 5.74. The summed E-state index contributed by atoms with van der Waals surface area (Å²) in [5, 5.41) is 2.62. The van der Waals surface area contributed by atoms with E-state index in [0.29, 0.717) is 5.92 Å². The lowest BCUT2D eigenvalue weighted by atomic mass is 9.99. The predicted molar refractivity (Wildman–Crippen MR) is 80.5 cm³/mol. The van der Waals surface area contributed by atoms with Gasteiger partial charge in [0.15, 0.2) is 0 Å². The van der Waals surface area contributed by atoms with Gasteiger partial charge in [0.25, 0.3) is 0 Å². The van der Waals surface area contributed by atoms with Gasteiger partial charge in [0.1, 0.15) is 0 Å². The monoisotopic (exact) mass is 270 g/mol. The Hall–Kier alpha value is -1.19. The van der Waals surface area contributed by atoms with Gasteiger partial charge in [-0.3, -0.25) is 0 Å². The van der Waals surface area contributed by atoms with Crippen molar-refractivity contribution >= 4 is 23.0 Å². The predicted octanol–water partition coefficient (Wildman–Crippen LogP) is 1.78. The van der Waals surface area contributed by atoms with E-state index in [1.165, 1.54) is 52.0 Å². The number of fused-ring (bicyclic) bond motifs is 2. The number of likely N-dealkylation sites (N-methyl/N-ethyl adjacent to an activating group) is 1. The Morgan fingerprint density at radius 2 is 2.37 bits per heavy atom. The Bertz CT molecular complexity index is 693. The van der Waals surface area contributed by atoms with E-state index in [-0.39, 0.29) is 0 Å². The van der Waals surface area contributed by atoms with Gasteiger partial charge in [-0.2, -0.15) is 0 Å². The van der Waals surface area contributed by atoms with Gasteiger partial charge in [-0.25, -0.2) is 4.98 Å². The molecule has 1 saturated heterocycles. The van der Waals surface area contributed by atoms with Gasteiger partial charge >= 0.3 is 0 Å². The molecule has 19 heavy (non-hydrogen) atoms. The molecular formula is C16H18N2S. The van der Waals surface area contributed by atoms with Crippen LogP contribution >= 0.6 is 11.3 Å². The fourth-order valence-electron chi connectivity index (χ4n) is 3.29. The second-order valence-corrected chi connectivity index (χ2v) is 6.81. The van der Waals surface area contributed by atoms with Crippen LogP contribution in [-0.2, 0) is 0 Å². The maximum absolute atomic E-state index is 4.98. The minimum Gasteiger partial charge on any atom is -0.306 e. The molecular weight excluding hydrogens is 252 g/mol. The number of rotatable bonds is 1. The van der Waals surface area contributed by atoms with Crippen molar-refractivity contribution in [3.8, 4) is 0 Å². The van der Waals surface area contributed by atoms with Crippen molar-refractivity contribution in [1.29, 1.82) is 0 Å². The quantitative estimate of drug-likeness (QED) is 0.773. The van der Waals surface area contributed by atoms with Gasteiger partial charge in [0, 0.05) is 12.5 Å². The summed E-state index contributed by atoms with van der Waals surface area (Å²) in [6.07, 6.45) is 12.6. The lowest BCUT2D eigenvalue weighted by Gasteiger charge is -2.28. The lowest BCUT2D eigenvalue weighted by Crippen LogP contribution is -2.31. The largest absolute Gasteiger partial charge is 0.306 e. The molecule has 1 aromatic rings. The van der Waals surface area contributed by atoms with Crippen LogP contribution in [0.3, 0.4) is 0 Å². The number of thiazole rings is 1. The van der Waals surface area contributed by atoms with Crippen LogP contribution in [0.5, 0.6) is 0 Å². The van der Waals surface area contributed by atoms with E-state index in [1.54, 1.807) is 0 Å². The normalized spacial score (nSPS) is 25.8. The summed E-state index contributed by atoms with van der Waals surface area (Å²) in [4.78, 5) is 7.42. The first kappa shape index (κ1) is 11.6. The zero-order valence-electron chi connectivity index (χ0n) is 11.2. The maximum atomic E-state index is 4.98. The Morgan fingerprint density at radius 3 is 3.26 bits per heavy atom. The molecule has 0 N–H and O–H groups in total. The van der Waals surface area contributed by atoms with E-state index in [2.05, 4.69) is 36.3 Å². The summed E-state index contributed by atoms with van der Waals surface area (Å²) in [5.41, 5.74) is 2.81. The molecule has 1 fully saturated rings. The molecule has 3 heteroatoms. The topological polar surface area (TPSA) is 16.1 Å². The third-order valence-electron chi connectivity index (χ3n) is 4.30. The van der Waals surface area contributed by atoms with Crippen molar-refractivity contribution in [2.24, 2.45) is 0 Å². The molecule has 4 rings (SSSR count). The second kappa shape index (κ2) is 4.43. The summed E-state index contributed by atoms with van der Waals surface area (Å²) in [7, 11) is 2.22. The zero-order valence-corrected chi connectivity index (χ0v) is 12.0. The fraction of sp³-hybridized carbons (Fsp3) is 0.438. The highest BCUT2D eigenvalue weighted by Gasteiger charge is 2.23. The van der Waals surface area contributed by atoms with Crippen LogP contribution in [0.25, 0.3) is 11.6 Å².